The number of hydrogen-bond acceptors (Lipinski definition) is 7. The third kappa shape index (κ3) is 4.46. The molecule has 31 heavy (non-hydrogen) atoms. The van der Waals surface area contributed by atoms with E-state index in [1.165, 1.54) is 36.7 Å². The molecular formula is C22H23N5O3S. The van der Waals surface area contributed by atoms with Gasteiger partial charge in [-0.05, 0) is 30.2 Å². The first-order chi connectivity index (χ1) is 15.1. The number of nitro groups is 1. The van der Waals surface area contributed by atoms with E-state index < -0.39 is 11.1 Å². The molecule has 1 atom stereocenters. The zero-order valence-electron chi connectivity index (χ0n) is 17.2. The summed E-state index contributed by atoms with van der Waals surface area (Å²) in [5.74, 6) is 0.651. The lowest BCUT2D eigenvalue weighted by atomic mass is 10.1. The van der Waals surface area contributed by atoms with Crippen molar-refractivity contribution < 1.29 is 9.72 Å². The van der Waals surface area contributed by atoms with E-state index in [0.29, 0.717) is 21.4 Å². The lowest BCUT2D eigenvalue weighted by Gasteiger charge is -2.34. The highest BCUT2D eigenvalue weighted by atomic mass is 32.2. The lowest BCUT2D eigenvalue weighted by Crippen LogP contribution is -2.50. The van der Waals surface area contributed by atoms with Crippen LogP contribution in [0.3, 0.4) is 0 Å². The summed E-state index contributed by atoms with van der Waals surface area (Å²) < 4.78 is 0. The topological polar surface area (TPSA) is 100 Å². The molecule has 0 saturated carbocycles. The van der Waals surface area contributed by atoms with Crippen LogP contribution in [0.5, 0.6) is 0 Å². The number of amides is 1. The van der Waals surface area contributed by atoms with Crippen molar-refractivity contribution in [1.82, 2.24) is 10.3 Å². The molecule has 2 aromatic rings. The second-order valence-corrected chi connectivity index (χ2v) is 8.41. The summed E-state index contributed by atoms with van der Waals surface area (Å²) in [7, 11) is 0. The molecule has 8 nitrogen and oxygen atoms in total. The molecule has 0 fully saturated rings. The molecule has 2 aliphatic heterocycles. The monoisotopic (exact) mass is 437 g/mol. The van der Waals surface area contributed by atoms with Gasteiger partial charge in [-0.1, -0.05) is 56.1 Å². The van der Waals surface area contributed by atoms with Gasteiger partial charge < -0.3 is 0 Å². The summed E-state index contributed by atoms with van der Waals surface area (Å²) in [6.07, 6.45) is 4.00. The third-order valence-electron chi connectivity index (χ3n) is 5.15. The molecule has 1 N–H and O–H groups in total. The zero-order valence-corrected chi connectivity index (χ0v) is 18.0. The van der Waals surface area contributed by atoms with Crippen molar-refractivity contribution >= 4 is 34.2 Å². The number of unbranched alkanes of at least 4 members (excludes halogenated alkanes) is 3. The van der Waals surface area contributed by atoms with Crippen molar-refractivity contribution in [3.8, 4) is 0 Å². The predicted octanol–water partition coefficient (Wildman–Crippen LogP) is 3.05. The molecule has 1 unspecified atom stereocenters. The summed E-state index contributed by atoms with van der Waals surface area (Å²) >= 11 is 1.52. The molecule has 9 heteroatoms. The normalized spacial score (nSPS) is 17.3. The van der Waals surface area contributed by atoms with Gasteiger partial charge in [-0.3, -0.25) is 25.2 Å². The Morgan fingerprint density at radius 2 is 1.90 bits per heavy atom. The standard InChI is InChI=1S/C22H23N5O3S/c1-2-3-4-7-14-31-22-24-21(28)19-17-8-5-6-9-18(17)23-20(26(19)25-22)15-10-12-16(13-11-15)27(29)30/h5-6,8-13,20H,2-4,7,14H2,1H3,(H,24,25,28). The average Bonchev–Trinajstić information content (AvgIpc) is 2.78. The zero-order chi connectivity index (χ0) is 21.8. The second-order valence-electron chi connectivity index (χ2n) is 7.33. The van der Waals surface area contributed by atoms with Crippen molar-refractivity contribution in [2.24, 2.45) is 10.1 Å². The molecule has 2 aromatic carbocycles. The first-order valence-corrected chi connectivity index (χ1v) is 11.3. The number of benzene rings is 2. The molecule has 0 radical (unpaired) electrons. The van der Waals surface area contributed by atoms with Gasteiger partial charge in [-0.15, -0.1) is 5.10 Å². The fourth-order valence-corrected chi connectivity index (χ4v) is 4.43. The second kappa shape index (κ2) is 9.30. The number of hydrazone groups is 1. The highest BCUT2D eigenvalue weighted by Gasteiger charge is 2.34. The number of nitrogens with zero attached hydrogens (tertiary/aromatic N) is 4. The summed E-state index contributed by atoms with van der Waals surface area (Å²) in [6, 6.07) is 13.7. The predicted molar refractivity (Wildman–Crippen MR) is 120 cm³/mol. The van der Waals surface area contributed by atoms with E-state index >= 15 is 0 Å². The Morgan fingerprint density at radius 1 is 1.13 bits per heavy atom. The molecule has 0 bridgehead atoms. The molecule has 0 saturated heterocycles. The van der Waals surface area contributed by atoms with E-state index in [1.54, 1.807) is 17.1 Å². The van der Waals surface area contributed by atoms with E-state index in [4.69, 9.17) is 10.1 Å². The quantitative estimate of drug-likeness (QED) is 0.408. The SMILES string of the molecule is CCCCCCSC1=NN2C(=c3ccccc3=NC2c2ccc([N+](=O)[O-])cc2)C(=O)N1. The summed E-state index contributed by atoms with van der Waals surface area (Å²) in [6.45, 7) is 2.17. The maximum absolute atomic E-state index is 13.0. The Morgan fingerprint density at radius 3 is 2.65 bits per heavy atom. The fourth-order valence-electron chi connectivity index (χ4n) is 3.58. The fraction of sp³-hybridized carbons (Fsp3) is 0.318. The first kappa shape index (κ1) is 21.0. The number of thioether (sulfide) groups is 1. The van der Waals surface area contributed by atoms with Gasteiger partial charge in [0.1, 0.15) is 5.70 Å². The minimum atomic E-state index is -0.576. The van der Waals surface area contributed by atoms with Crippen LogP contribution in [-0.2, 0) is 4.79 Å². The van der Waals surface area contributed by atoms with Gasteiger partial charge in [0, 0.05) is 23.1 Å². The van der Waals surface area contributed by atoms with E-state index in [1.807, 2.05) is 24.3 Å². The molecule has 2 aliphatic rings. The van der Waals surface area contributed by atoms with Crippen LogP contribution in [0.4, 0.5) is 5.69 Å². The molecule has 160 valence electrons. The lowest BCUT2D eigenvalue weighted by molar-refractivity contribution is -0.384. The third-order valence-corrected chi connectivity index (χ3v) is 6.10. The highest BCUT2D eigenvalue weighted by Crippen LogP contribution is 2.31. The van der Waals surface area contributed by atoms with Gasteiger partial charge in [0.2, 0.25) is 0 Å². The van der Waals surface area contributed by atoms with Gasteiger partial charge in [-0.25, -0.2) is 5.01 Å². The Kier molecular flexibility index (Phi) is 6.31. The van der Waals surface area contributed by atoms with Crippen LogP contribution in [0.15, 0.2) is 58.6 Å². The van der Waals surface area contributed by atoms with E-state index in [-0.39, 0.29) is 11.6 Å². The Hall–Kier alpha value is -3.20. The van der Waals surface area contributed by atoms with Crippen LogP contribution in [0, 0.1) is 10.1 Å². The molecule has 0 aliphatic carbocycles. The number of carbonyl (C=O) groups excluding carboxylic acids is 1. The highest BCUT2D eigenvalue weighted by molar-refractivity contribution is 8.13. The van der Waals surface area contributed by atoms with Crippen molar-refractivity contribution in [2.45, 2.75) is 38.8 Å². The maximum atomic E-state index is 13.0. The van der Waals surface area contributed by atoms with E-state index in [9.17, 15) is 14.9 Å². The summed E-state index contributed by atoms with van der Waals surface area (Å²) in [5.41, 5.74) is 1.17. The minimum Gasteiger partial charge on any atom is -0.298 e. The number of carbonyl (C=O) groups is 1. The van der Waals surface area contributed by atoms with Crippen LogP contribution >= 0.6 is 11.8 Å². The van der Waals surface area contributed by atoms with Crippen LogP contribution < -0.4 is 15.9 Å². The van der Waals surface area contributed by atoms with Gasteiger partial charge in [0.05, 0.1) is 10.3 Å². The Bertz CT molecular complexity index is 1150. The van der Waals surface area contributed by atoms with E-state index in [2.05, 4.69) is 12.2 Å². The van der Waals surface area contributed by atoms with Crippen LogP contribution in [0.25, 0.3) is 5.70 Å². The number of rotatable bonds is 7. The van der Waals surface area contributed by atoms with Gasteiger partial charge >= 0.3 is 0 Å². The Balaban J connectivity index is 1.70. The molecule has 4 rings (SSSR count). The number of nitrogens with one attached hydrogen (secondary N) is 1. The summed E-state index contributed by atoms with van der Waals surface area (Å²) in [4.78, 5) is 28.4. The molecule has 1 amide bonds. The number of fused-ring (bicyclic) bond motifs is 2. The van der Waals surface area contributed by atoms with Gasteiger partial charge in [0.25, 0.3) is 11.6 Å². The number of non-ortho nitro benzene ring substituents is 1. The average molecular weight is 438 g/mol. The minimum absolute atomic E-state index is 0.00683. The van der Waals surface area contributed by atoms with Crippen LogP contribution in [0.2, 0.25) is 0 Å². The summed E-state index contributed by atoms with van der Waals surface area (Å²) in [5, 5.41) is 22.2. The largest absolute Gasteiger partial charge is 0.298 e. The van der Waals surface area contributed by atoms with Gasteiger partial charge in [-0.2, -0.15) is 0 Å². The van der Waals surface area contributed by atoms with Gasteiger partial charge in [0.15, 0.2) is 11.3 Å². The Labute approximate surface area is 183 Å². The van der Waals surface area contributed by atoms with Crippen molar-refractivity contribution in [1.29, 1.82) is 0 Å². The van der Waals surface area contributed by atoms with Crippen molar-refractivity contribution in [3.63, 3.8) is 0 Å². The van der Waals surface area contributed by atoms with Crippen LogP contribution in [0.1, 0.15) is 44.3 Å². The molecular weight excluding hydrogens is 414 g/mol. The van der Waals surface area contributed by atoms with Crippen LogP contribution in [-0.4, -0.2) is 26.8 Å². The molecule has 2 heterocycles. The molecule has 0 spiro atoms. The number of nitro benzene ring substituents is 1. The molecule has 0 aromatic heterocycles. The smallest absolute Gasteiger partial charge is 0.276 e. The first-order valence-electron chi connectivity index (χ1n) is 10.3. The number of hydrogen-bond donors (Lipinski definition) is 1. The number of para-hydroxylation sites is 1. The van der Waals surface area contributed by atoms with Crippen molar-refractivity contribution in [2.75, 3.05) is 5.75 Å². The van der Waals surface area contributed by atoms with E-state index in [0.717, 1.165) is 24.2 Å². The van der Waals surface area contributed by atoms with Crippen molar-refractivity contribution in [3.05, 3.63) is 74.8 Å². The number of amidine groups is 1. The maximum Gasteiger partial charge on any atom is 0.276 e.